The molecule has 1 aromatic carbocycles. The number of nitrogen functional groups attached to an aromatic ring is 1. The highest BCUT2D eigenvalue weighted by molar-refractivity contribution is 6.36. The van der Waals surface area contributed by atoms with E-state index in [-0.39, 0.29) is 77.4 Å². The maximum atomic E-state index is 17.0. The molecule has 16 heteroatoms. The molecule has 2 aliphatic carbocycles. The second-order valence-corrected chi connectivity index (χ2v) is 14.4. The van der Waals surface area contributed by atoms with Gasteiger partial charge in [0.1, 0.15) is 23.8 Å². The summed E-state index contributed by atoms with van der Waals surface area (Å²) in [4.78, 5) is 16.9. The molecule has 0 amide bonds. The van der Waals surface area contributed by atoms with E-state index >= 15 is 4.39 Å². The number of aryl methyl sites for hydroxylation is 1. The van der Waals surface area contributed by atoms with Crippen molar-refractivity contribution in [3.63, 3.8) is 0 Å². The number of pyridine rings is 1. The first-order chi connectivity index (χ1) is 23.7. The first-order valence-corrected chi connectivity index (χ1v) is 17.1. The molecule has 4 aliphatic rings. The van der Waals surface area contributed by atoms with Crippen LogP contribution in [-0.4, -0.2) is 71.7 Å². The Labute approximate surface area is 289 Å². The van der Waals surface area contributed by atoms with Gasteiger partial charge in [-0.1, -0.05) is 18.0 Å². The molecule has 7 rings (SSSR count). The van der Waals surface area contributed by atoms with Crippen LogP contribution in [0.1, 0.15) is 56.1 Å². The Morgan fingerprint density at radius 3 is 2.68 bits per heavy atom. The summed E-state index contributed by atoms with van der Waals surface area (Å²) in [6.07, 6.45) is -3.04. The Bertz CT molecular complexity index is 1870. The number of aromatic nitrogens is 3. The molecule has 50 heavy (non-hydrogen) atoms. The number of benzene rings is 1. The van der Waals surface area contributed by atoms with E-state index < -0.39 is 58.2 Å². The van der Waals surface area contributed by atoms with Gasteiger partial charge in [-0.25, -0.2) is 18.2 Å². The van der Waals surface area contributed by atoms with Gasteiger partial charge in [-0.15, -0.1) is 0 Å². The summed E-state index contributed by atoms with van der Waals surface area (Å²) in [6, 6.07) is 2.56. The lowest BCUT2D eigenvalue weighted by molar-refractivity contribution is -0.137. The van der Waals surface area contributed by atoms with Crippen molar-refractivity contribution in [1.29, 1.82) is 5.26 Å². The number of ether oxygens (including phenoxy) is 2. The van der Waals surface area contributed by atoms with Gasteiger partial charge >= 0.3 is 12.2 Å². The number of nitrogens with two attached hydrogens (primary N) is 1. The summed E-state index contributed by atoms with van der Waals surface area (Å²) >= 11 is 6.79. The Hall–Kier alpha value is -3.77. The summed E-state index contributed by atoms with van der Waals surface area (Å²) in [5.74, 6) is -2.46. The summed E-state index contributed by atoms with van der Waals surface area (Å²) in [5, 5.41) is 9.03. The molecular weight excluding hydrogens is 688 g/mol. The normalized spacial score (nSPS) is 26.5. The summed E-state index contributed by atoms with van der Waals surface area (Å²) in [6.45, 7) is 1.90. The number of hydrogen-bond donors (Lipinski definition) is 1. The molecular formula is C34H36ClF6N7O2. The molecule has 3 aromatic rings. The number of rotatable bonds is 8. The van der Waals surface area contributed by atoms with Crippen molar-refractivity contribution in [1.82, 2.24) is 19.9 Å². The van der Waals surface area contributed by atoms with Gasteiger partial charge in [0.2, 0.25) is 6.43 Å². The number of anilines is 2. The highest BCUT2D eigenvalue weighted by Gasteiger charge is 2.50. The number of halogens is 7. The first-order valence-electron chi connectivity index (χ1n) is 16.7. The quantitative estimate of drug-likeness (QED) is 0.237. The van der Waals surface area contributed by atoms with Crippen molar-refractivity contribution in [2.75, 3.05) is 44.0 Å². The lowest BCUT2D eigenvalue weighted by atomic mass is 9.76. The van der Waals surface area contributed by atoms with E-state index in [1.807, 2.05) is 0 Å². The maximum Gasteiger partial charge on any atom is 0.418 e. The standard InChI is InChI=1S/C34H36ClF6N7O2/c1-16-11-22(43)44-28(25(16)34(39,40)41)23-26(35)30-24-29(27(23)38)45-32(50-15-33-7-3-5-20(33)47(2)9-4-8-33)46-31(24)48(10-6-21(36)37)19(14-49-30)18-12-17(18)13-42/h11,17-21H,3-10,12,14-15H2,1-2H3,(H2,43,44)/t17?,18?,19?,20-,33-/m1/s1. The average molecular weight is 724 g/mol. The number of alkyl halides is 5. The number of fused-ring (bicyclic) bond motifs is 1. The fourth-order valence-corrected chi connectivity index (χ4v) is 8.86. The van der Waals surface area contributed by atoms with Gasteiger partial charge in [0.05, 0.1) is 51.9 Å². The van der Waals surface area contributed by atoms with Gasteiger partial charge in [0.25, 0.3) is 0 Å². The predicted octanol–water partition coefficient (Wildman–Crippen LogP) is 7.42. The van der Waals surface area contributed by atoms with Crippen LogP contribution in [0.25, 0.3) is 22.2 Å². The second kappa shape index (κ2) is 12.8. The molecule has 0 radical (unpaired) electrons. The molecule has 5 atom stereocenters. The fraction of sp³-hybridized carbons (Fsp3) is 0.588. The number of nitriles is 1. The monoisotopic (exact) mass is 723 g/mol. The van der Waals surface area contributed by atoms with Crippen LogP contribution in [0.2, 0.25) is 5.02 Å². The number of nitrogens with zero attached hydrogens (tertiary/aromatic N) is 6. The molecule has 3 fully saturated rings. The van der Waals surface area contributed by atoms with Crippen molar-refractivity contribution >= 4 is 34.1 Å². The van der Waals surface area contributed by atoms with E-state index in [2.05, 4.69) is 33.0 Å². The molecule has 3 unspecified atom stereocenters. The summed E-state index contributed by atoms with van der Waals surface area (Å²) in [7, 11) is 2.07. The van der Waals surface area contributed by atoms with Gasteiger partial charge < -0.3 is 25.0 Å². The number of hydrogen-bond acceptors (Lipinski definition) is 9. The highest BCUT2D eigenvalue weighted by Crippen LogP contribution is 2.53. The minimum Gasteiger partial charge on any atom is -0.489 e. The van der Waals surface area contributed by atoms with Crippen LogP contribution in [0, 0.1) is 41.3 Å². The lowest BCUT2D eigenvalue weighted by Crippen LogP contribution is -2.50. The van der Waals surface area contributed by atoms with Crippen molar-refractivity contribution in [3.05, 3.63) is 28.0 Å². The van der Waals surface area contributed by atoms with Gasteiger partial charge in [-0.05, 0) is 70.2 Å². The van der Waals surface area contributed by atoms with E-state index in [0.717, 1.165) is 44.7 Å². The smallest absolute Gasteiger partial charge is 0.418 e. The number of piperidine rings is 1. The Morgan fingerprint density at radius 1 is 1.22 bits per heavy atom. The van der Waals surface area contributed by atoms with Gasteiger partial charge in [-0.2, -0.15) is 28.4 Å². The maximum absolute atomic E-state index is 17.0. The topological polar surface area (TPSA) is 113 Å². The van der Waals surface area contributed by atoms with E-state index in [9.17, 15) is 27.2 Å². The Morgan fingerprint density at radius 2 is 1.98 bits per heavy atom. The van der Waals surface area contributed by atoms with Crippen LogP contribution < -0.4 is 20.1 Å². The molecule has 2 aliphatic heterocycles. The first kappa shape index (κ1) is 34.7. The van der Waals surface area contributed by atoms with Gasteiger partial charge in [0, 0.05) is 24.4 Å². The Balaban J connectivity index is 1.45. The minimum atomic E-state index is -4.97. The van der Waals surface area contributed by atoms with Crippen molar-refractivity contribution in [2.24, 2.45) is 17.3 Å². The van der Waals surface area contributed by atoms with Crippen molar-refractivity contribution in [2.45, 2.75) is 76.6 Å². The third-order valence-corrected chi connectivity index (χ3v) is 11.3. The molecule has 2 N–H and O–H groups in total. The van der Waals surface area contributed by atoms with Crippen LogP contribution in [0.15, 0.2) is 6.07 Å². The fourth-order valence-electron chi connectivity index (χ4n) is 8.54. The summed E-state index contributed by atoms with van der Waals surface area (Å²) < 4.78 is 100. The van der Waals surface area contributed by atoms with Crippen LogP contribution in [0.5, 0.6) is 11.8 Å². The van der Waals surface area contributed by atoms with E-state index in [0.29, 0.717) is 6.42 Å². The average Bonchev–Trinajstić information content (AvgIpc) is 3.73. The van der Waals surface area contributed by atoms with Crippen LogP contribution >= 0.6 is 11.6 Å². The molecule has 2 saturated carbocycles. The largest absolute Gasteiger partial charge is 0.489 e. The molecule has 0 spiro atoms. The second-order valence-electron chi connectivity index (χ2n) is 14.0. The van der Waals surface area contributed by atoms with E-state index in [1.165, 1.54) is 6.92 Å². The third-order valence-electron chi connectivity index (χ3n) is 10.9. The summed E-state index contributed by atoms with van der Waals surface area (Å²) in [5.41, 5.74) is 2.09. The zero-order valence-electron chi connectivity index (χ0n) is 27.5. The molecule has 0 bridgehead atoms. The molecule has 9 nitrogen and oxygen atoms in total. The third kappa shape index (κ3) is 5.91. The minimum absolute atomic E-state index is 0.00640. The zero-order valence-corrected chi connectivity index (χ0v) is 28.2. The number of likely N-dealkylation sites (tertiary alicyclic amines) is 1. The van der Waals surface area contributed by atoms with Crippen LogP contribution in [0.3, 0.4) is 0 Å². The van der Waals surface area contributed by atoms with Crippen molar-refractivity contribution in [3.8, 4) is 29.1 Å². The van der Waals surface area contributed by atoms with Crippen LogP contribution in [-0.2, 0) is 6.18 Å². The van der Waals surface area contributed by atoms with E-state index in [4.69, 9.17) is 26.8 Å². The Kier molecular flexibility index (Phi) is 8.86. The van der Waals surface area contributed by atoms with Gasteiger partial charge in [-0.3, -0.25) is 0 Å². The highest BCUT2D eigenvalue weighted by atomic mass is 35.5. The molecule has 268 valence electrons. The van der Waals surface area contributed by atoms with E-state index in [1.54, 1.807) is 4.90 Å². The predicted molar refractivity (Wildman–Crippen MR) is 174 cm³/mol. The van der Waals surface area contributed by atoms with Crippen LogP contribution in [0.4, 0.5) is 38.0 Å². The zero-order chi connectivity index (χ0) is 35.7. The molecule has 1 saturated heterocycles. The van der Waals surface area contributed by atoms with Crippen molar-refractivity contribution < 1.29 is 35.8 Å². The lowest BCUT2D eigenvalue weighted by Gasteiger charge is -2.44. The molecule has 4 heterocycles. The SMILES string of the molecule is Cc1cc(N)nc(-c2c(Cl)c3c4c(nc(OC[C@]56CCC[C@H]5N(C)CCC6)nc4c2F)N(CCC(F)F)C(C2CC2C#N)CO3)c1C(F)(F)F. The molecule has 2 aromatic heterocycles. The van der Waals surface area contributed by atoms with Gasteiger partial charge in [0.15, 0.2) is 11.6 Å².